The molecule has 0 saturated carbocycles. The Labute approximate surface area is 247 Å². The van der Waals surface area contributed by atoms with E-state index in [0.717, 1.165) is 13.1 Å². The van der Waals surface area contributed by atoms with E-state index >= 15 is 0 Å². The van der Waals surface area contributed by atoms with E-state index in [2.05, 4.69) is 15.4 Å². The number of fused-ring (bicyclic) bond motifs is 1. The van der Waals surface area contributed by atoms with E-state index in [9.17, 15) is 14.4 Å². The van der Waals surface area contributed by atoms with E-state index in [4.69, 9.17) is 32.5 Å². The van der Waals surface area contributed by atoms with Crippen LogP contribution in [0.1, 0.15) is 49.2 Å². The average molecular weight is 618 g/mol. The summed E-state index contributed by atoms with van der Waals surface area (Å²) in [7, 11) is 0. The Kier molecular flexibility index (Phi) is 9.12. The fourth-order valence-corrected chi connectivity index (χ4v) is 7.61. The number of aryl methyl sites for hydroxylation is 1. The van der Waals surface area contributed by atoms with Gasteiger partial charge < -0.3 is 19.5 Å². The normalized spacial score (nSPS) is 24.0. The fraction of sp³-hybridized carbons (Fsp3) is 0.538. The van der Waals surface area contributed by atoms with Crippen LogP contribution in [0.2, 0.25) is 10.0 Å². The Balaban J connectivity index is 0.00000353. The molecule has 5 rings (SSSR count). The van der Waals surface area contributed by atoms with Gasteiger partial charge in [-0.2, -0.15) is 0 Å². The lowest BCUT2D eigenvalue weighted by Crippen LogP contribution is -2.70. The third-order valence-electron chi connectivity index (χ3n) is 7.34. The quantitative estimate of drug-likeness (QED) is 0.356. The Morgan fingerprint density at radius 1 is 1.21 bits per heavy atom. The van der Waals surface area contributed by atoms with Crippen LogP contribution in [0.3, 0.4) is 0 Å². The summed E-state index contributed by atoms with van der Waals surface area (Å²) in [6.07, 6.45) is 3.57. The summed E-state index contributed by atoms with van der Waals surface area (Å²) in [5, 5.41) is 7.08. The lowest BCUT2D eigenvalue weighted by Gasteiger charge is -2.44. The molecule has 0 radical (unpaired) electrons. The molecule has 0 bridgehead atoms. The van der Waals surface area contributed by atoms with Crippen LogP contribution in [0.5, 0.6) is 0 Å². The molecule has 39 heavy (non-hydrogen) atoms. The summed E-state index contributed by atoms with van der Waals surface area (Å²) in [6.45, 7) is 8.47. The van der Waals surface area contributed by atoms with E-state index in [0.29, 0.717) is 28.8 Å². The number of carbonyl (C=O) groups is 3. The van der Waals surface area contributed by atoms with E-state index in [-0.39, 0.29) is 35.3 Å². The van der Waals surface area contributed by atoms with Crippen molar-refractivity contribution in [2.45, 2.75) is 62.2 Å². The van der Waals surface area contributed by atoms with Gasteiger partial charge in [-0.05, 0) is 58.8 Å². The number of esters is 1. The number of hydrogen-bond donors (Lipinski definition) is 1. The van der Waals surface area contributed by atoms with Gasteiger partial charge in [0.2, 0.25) is 5.91 Å². The zero-order valence-corrected chi connectivity index (χ0v) is 25.0. The van der Waals surface area contributed by atoms with Gasteiger partial charge in [0.25, 0.3) is 5.91 Å². The van der Waals surface area contributed by atoms with Crippen molar-refractivity contribution >= 4 is 65.2 Å². The first-order chi connectivity index (χ1) is 18.1. The first kappa shape index (κ1) is 30.0. The Bertz CT molecular complexity index is 1250. The third kappa shape index (κ3) is 5.63. The van der Waals surface area contributed by atoms with E-state index in [1.807, 2.05) is 13.8 Å². The first-order valence-corrected chi connectivity index (χ1v) is 14.3. The molecule has 3 fully saturated rings. The minimum atomic E-state index is -0.804. The third-order valence-corrected chi connectivity index (χ3v) is 9.54. The number of carbonyl (C=O) groups excluding carboxylic acids is 3. The summed E-state index contributed by atoms with van der Waals surface area (Å²) < 4.78 is 10.3. The number of likely N-dealkylation sites (tertiary alicyclic amines) is 1. The highest BCUT2D eigenvalue weighted by Crippen LogP contribution is 2.51. The van der Waals surface area contributed by atoms with E-state index < -0.39 is 34.1 Å². The van der Waals surface area contributed by atoms with Crippen molar-refractivity contribution in [3.63, 3.8) is 0 Å². The van der Waals surface area contributed by atoms with E-state index in [1.54, 1.807) is 25.1 Å². The van der Waals surface area contributed by atoms with Crippen LogP contribution in [0, 0.1) is 6.92 Å². The summed E-state index contributed by atoms with van der Waals surface area (Å²) in [4.78, 5) is 43.5. The molecule has 1 N–H and O–H groups in total. The predicted molar refractivity (Wildman–Crippen MR) is 153 cm³/mol. The number of halogens is 3. The Hall–Kier alpha value is -1.98. The molecule has 13 heteroatoms. The highest BCUT2D eigenvalue weighted by Gasteiger charge is 2.64. The largest absolute Gasteiger partial charge is 0.463 e. The molecule has 212 valence electrons. The average Bonchev–Trinajstić information content (AvgIpc) is 3.37. The summed E-state index contributed by atoms with van der Waals surface area (Å²) >= 11 is 14.2. The van der Waals surface area contributed by atoms with Crippen LogP contribution in [-0.2, 0) is 14.3 Å². The number of thioether (sulfide) groups is 1. The maximum Gasteiger partial charge on any atom is 0.330 e. The topological polar surface area (TPSA) is 105 Å². The van der Waals surface area contributed by atoms with E-state index in [1.165, 1.54) is 35.9 Å². The molecule has 9 nitrogen and oxygen atoms in total. The Morgan fingerprint density at radius 2 is 1.87 bits per heavy atom. The second-order valence-corrected chi connectivity index (χ2v) is 12.9. The second-order valence-electron chi connectivity index (χ2n) is 10.3. The van der Waals surface area contributed by atoms with Crippen LogP contribution in [0.15, 0.2) is 22.7 Å². The van der Waals surface area contributed by atoms with Crippen LogP contribution >= 0.6 is 47.4 Å². The smallest absolute Gasteiger partial charge is 0.330 e. The van der Waals surface area contributed by atoms with Gasteiger partial charge in [-0.3, -0.25) is 14.5 Å². The first-order valence-electron chi connectivity index (χ1n) is 12.7. The van der Waals surface area contributed by atoms with Gasteiger partial charge in [0.1, 0.15) is 41.1 Å². The van der Waals surface area contributed by atoms with Crippen molar-refractivity contribution in [3.8, 4) is 11.3 Å². The molecule has 3 aliphatic rings. The van der Waals surface area contributed by atoms with Crippen molar-refractivity contribution in [1.29, 1.82) is 0 Å². The number of nitrogens with one attached hydrogen (secondary N) is 1. The lowest BCUT2D eigenvalue weighted by molar-refractivity contribution is -0.163. The zero-order chi connectivity index (χ0) is 27.2. The number of piperidine rings is 1. The molecule has 0 aliphatic carbocycles. The monoisotopic (exact) mass is 616 g/mol. The van der Waals surface area contributed by atoms with Gasteiger partial charge in [-0.1, -0.05) is 40.8 Å². The highest BCUT2D eigenvalue weighted by molar-refractivity contribution is 8.01. The second kappa shape index (κ2) is 11.9. The number of rotatable bonds is 7. The minimum Gasteiger partial charge on any atom is -0.463 e. The van der Waals surface area contributed by atoms with Crippen molar-refractivity contribution in [3.05, 3.63) is 39.6 Å². The van der Waals surface area contributed by atoms with Crippen LogP contribution in [0.25, 0.3) is 11.3 Å². The molecule has 2 amide bonds. The standard InChI is InChI=1S/C26H30Cl2N4O5S.ClH/c1-14-17(19(30-37-14)18-15(27)8-7-9-16(18)28)22(33)29-20-23(34)32-21(26(2,3)38-24(20)32)25(35)36-13-12-31-10-5-4-6-11-31;/h7-9,20-21,24H,4-6,10-13H2,1-3H3,(H,29,33);1H/t20-,21+,24-;/m1./s1. The molecule has 3 saturated heterocycles. The maximum absolute atomic E-state index is 13.4. The molecular formula is C26H31Cl3N4O5S. The maximum atomic E-state index is 13.4. The molecule has 4 heterocycles. The summed E-state index contributed by atoms with van der Waals surface area (Å²) in [5.74, 6) is -0.998. The van der Waals surface area contributed by atoms with Crippen LogP contribution in [-0.4, -0.2) is 81.2 Å². The number of β-lactam (4-membered cyclic amide) rings is 1. The minimum absolute atomic E-state index is 0. The zero-order valence-electron chi connectivity index (χ0n) is 21.9. The predicted octanol–water partition coefficient (Wildman–Crippen LogP) is 4.57. The van der Waals surface area contributed by atoms with Gasteiger partial charge in [0.05, 0.1) is 10.0 Å². The number of nitrogens with zero attached hydrogens (tertiary/aromatic N) is 3. The van der Waals surface area contributed by atoms with Gasteiger partial charge in [0, 0.05) is 16.9 Å². The molecule has 3 aliphatic heterocycles. The SMILES string of the molecule is Cc1onc(-c2c(Cl)cccc2Cl)c1C(=O)N[C@@H]1C(=O)N2[C@@H]1SC(C)(C)[C@@H]2C(=O)OCCN1CCCCC1.Cl. The lowest BCUT2D eigenvalue weighted by atomic mass is 9.95. The van der Waals surface area contributed by atoms with Crippen molar-refractivity contribution < 1.29 is 23.6 Å². The molecule has 1 aromatic carbocycles. The fourth-order valence-electron chi connectivity index (χ4n) is 5.41. The summed E-state index contributed by atoms with van der Waals surface area (Å²) in [6, 6.07) is 3.45. The molecular weight excluding hydrogens is 587 g/mol. The van der Waals surface area contributed by atoms with Crippen LogP contribution < -0.4 is 5.32 Å². The van der Waals surface area contributed by atoms with Gasteiger partial charge in [-0.25, -0.2) is 4.79 Å². The molecule has 0 spiro atoms. The number of hydrogen-bond acceptors (Lipinski definition) is 8. The summed E-state index contributed by atoms with van der Waals surface area (Å²) in [5.41, 5.74) is 0.735. The number of aromatic nitrogens is 1. The molecule has 2 aromatic rings. The van der Waals surface area contributed by atoms with Gasteiger partial charge in [-0.15, -0.1) is 24.2 Å². The Morgan fingerprint density at radius 3 is 2.54 bits per heavy atom. The van der Waals surface area contributed by atoms with Crippen molar-refractivity contribution in [2.75, 3.05) is 26.2 Å². The van der Waals surface area contributed by atoms with Gasteiger partial charge in [0.15, 0.2) is 0 Å². The number of amides is 2. The van der Waals surface area contributed by atoms with Crippen LogP contribution in [0.4, 0.5) is 0 Å². The number of ether oxygens (including phenoxy) is 1. The molecule has 1 aromatic heterocycles. The molecule has 3 atom stereocenters. The molecule has 0 unspecified atom stereocenters. The van der Waals surface area contributed by atoms with Crippen molar-refractivity contribution in [1.82, 2.24) is 20.3 Å². The van der Waals surface area contributed by atoms with Crippen molar-refractivity contribution in [2.24, 2.45) is 0 Å². The highest BCUT2D eigenvalue weighted by atomic mass is 35.5. The number of benzene rings is 1. The van der Waals surface area contributed by atoms with Gasteiger partial charge >= 0.3 is 5.97 Å².